The summed E-state index contributed by atoms with van der Waals surface area (Å²) in [5, 5.41) is 2.99. The number of hydrogen-bond acceptors (Lipinski definition) is 2. The average molecular weight is 266 g/mol. The first-order chi connectivity index (χ1) is 9.01. The Bertz CT molecular complexity index is 359. The van der Waals surface area contributed by atoms with Crippen LogP contribution in [0.2, 0.25) is 0 Å². The molecule has 1 atom stereocenters. The molecule has 0 aromatic rings. The van der Waals surface area contributed by atoms with E-state index in [1.165, 1.54) is 6.42 Å². The molecule has 108 valence electrons. The molecule has 0 bridgehead atoms. The third kappa shape index (κ3) is 2.49. The van der Waals surface area contributed by atoms with Crippen LogP contribution in [-0.4, -0.2) is 34.8 Å². The average Bonchev–Trinajstić information content (AvgIpc) is 2.37. The lowest BCUT2D eigenvalue weighted by Gasteiger charge is -2.50. The second-order valence-electron chi connectivity index (χ2n) is 6.33. The van der Waals surface area contributed by atoms with E-state index in [-0.39, 0.29) is 17.9 Å². The van der Waals surface area contributed by atoms with Crippen molar-refractivity contribution in [2.75, 3.05) is 6.54 Å². The Morgan fingerprint density at radius 3 is 2.42 bits per heavy atom. The topological polar surface area (TPSA) is 49.4 Å². The van der Waals surface area contributed by atoms with E-state index in [1.54, 1.807) is 0 Å². The zero-order chi connectivity index (χ0) is 14.0. The van der Waals surface area contributed by atoms with Crippen LogP contribution in [0.4, 0.5) is 0 Å². The van der Waals surface area contributed by atoms with Gasteiger partial charge in [-0.15, -0.1) is 0 Å². The molecular weight excluding hydrogens is 240 g/mol. The Kier molecular flexibility index (Phi) is 4.16. The fraction of sp³-hybridized carbons (Fsp3) is 0.867. The summed E-state index contributed by atoms with van der Waals surface area (Å²) in [5.74, 6) is 0.616. The second kappa shape index (κ2) is 5.51. The van der Waals surface area contributed by atoms with E-state index >= 15 is 0 Å². The summed E-state index contributed by atoms with van der Waals surface area (Å²) in [6.07, 6.45) is 5.66. The quantitative estimate of drug-likeness (QED) is 0.850. The Morgan fingerprint density at radius 2 is 1.89 bits per heavy atom. The standard InChI is InChI=1S/C15H26N2O2/c1-4-17-13(18)12(10-11(2)3)16-14(19)15(17)8-6-5-7-9-15/h11-12H,4-10H2,1-3H3,(H,16,19). The highest BCUT2D eigenvalue weighted by atomic mass is 16.2. The first-order valence-electron chi connectivity index (χ1n) is 7.63. The number of amides is 2. The monoisotopic (exact) mass is 266 g/mol. The number of hydrogen-bond donors (Lipinski definition) is 1. The number of likely N-dealkylation sites (N-methyl/N-ethyl adjacent to an activating group) is 1. The lowest BCUT2D eigenvalue weighted by atomic mass is 9.77. The normalized spacial score (nSPS) is 26.9. The third-order valence-corrected chi connectivity index (χ3v) is 4.51. The Labute approximate surface area is 115 Å². The van der Waals surface area contributed by atoms with Gasteiger partial charge in [-0.3, -0.25) is 9.59 Å². The van der Waals surface area contributed by atoms with Gasteiger partial charge in [-0.05, 0) is 32.1 Å². The zero-order valence-electron chi connectivity index (χ0n) is 12.4. The van der Waals surface area contributed by atoms with Crippen LogP contribution in [-0.2, 0) is 9.59 Å². The number of carbonyl (C=O) groups excluding carboxylic acids is 2. The Balaban J connectivity index is 2.23. The fourth-order valence-corrected chi connectivity index (χ4v) is 3.60. The van der Waals surface area contributed by atoms with Gasteiger partial charge in [-0.1, -0.05) is 33.1 Å². The smallest absolute Gasteiger partial charge is 0.246 e. The molecule has 1 unspecified atom stereocenters. The minimum absolute atomic E-state index is 0.0827. The molecule has 0 radical (unpaired) electrons. The molecule has 1 aliphatic heterocycles. The van der Waals surface area contributed by atoms with Crippen molar-refractivity contribution in [1.29, 1.82) is 0 Å². The third-order valence-electron chi connectivity index (χ3n) is 4.51. The minimum Gasteiger partial charge on any atom is -0.342 e. The Morgan fingerprint density at radius 1 is 1.26 bits per heavy atom. The van der Waals surface area contributed by atoms with Crippen LogP contribution >= 0.6 is 0 Å². The molecule has 0 aromatic carbocycles. The maximum atomic E-state index is 12.6. The van der Waals surface area contributed by atoms with Gasteiger partial charge >= 0.3 is 0 Å². The number of rotatable bonds is 3. The van der Waals surface area contributed by atoms with Crippen LogP contribution in [0.3, 0.4) is 0 Å². The van der Waals surface area contributed by atoms with Gasteiger partial charge in [0.1, 0.15) is 11.6 Å². The molecule has 1 spiro atoms. The summed E-state index contributed by atoms with van der Waals surface area (Å²) < 4.78 is 0. The first-order valence-corrected chi connectivity index (χ1v) is 7.63. The van der Waals surface area contributed by atoms with E-state index in [2.05, 4.69) is 19.2 Å². The predicted molar refractivity (Wildman–Crippen MR) is 74.6 cm³/mol. The summed E-state index contributed by atoms with van der Waals surface area (Å²) in [7, 11) is 0. The van der Waals surface area contributed by atoms with E-state index in [0.29, 0.717) is 12.5 Å². The van der Waals surface area contributed by atoms with Crippen molar-refractivity contribution in [3.63, 3.8) is 0 Å². The van der Waals surface area contributed by atoms with Gasteiger partial charge in [-0.2, -0.15) is 0 Å². The van der Waals surface area contributed by atoms with Gasteiger partial charge in [0.25, 0.3) is 0 Å². The van der Waals surface area contributed by atoms with Crippen molar-refractivity contribution < 1.29 is 9.59 Å². The van der Waals surface area contributed by atoms with Crippen LogP contribution in [0.15, 0.2) is 0 Å². The van der Waals surface area contributed by atoms with Crippen LogP contribution in [0.1, 0.15) is 59.3 Å². The van der Waals surface area contributed by atoms with E-state index in [1.807, 2.05) is 11.8 Å². The van der Waals surface area contributed by atoms with Gasteiger partial charge in [0.2, 0.25) is 11.8 Å². The minimum atomic E-state index is -0.544. The predicted octanol–water partition coefficient (Wildman–Crippen LogP) is 2.08. The number of nitrogens with zero attached hydrogens (tertiary/aromatic N) is 1. The molecule has 2 fully saturated rings. The molecule has 1 saturated carbocycles. The number of carbonyl (C=O) groups is 2. The second-order valence-corrected chi connectivity index (χ2v) is 6.33. The van der Waals surface area contributed by atoms with Crippen molar-refractivity contribution in [3.05, 3.63) is 0 Å². The van der Waals surface area contributed by atoms with Gasteiger partial charge in [0.15, 0.2) is 0 Å². The van der Waals surface area contributed by atoms with E-state index < -0.39 is 5.54 Å². The van der Waals surface area contributed by atoms with E-state index in [0.717, 1.165) is 32.1 Å². The molecule has 2 amide bonds. The van der Waals surface area contributed by atoms with Crippen LogP contribution in [0, 0.1) is 5.92 Å². The SMILES string of the molecule is CCN1C(=O)C(CC(C)C)NC(=O)C12CCCCC2. The highest BCUT2D eigenvalue weighted by molar-refractivity contribution is 5.99. The first kappa shape index (κ1) is 14.4. The summed E-state index contributed by atoms with van der Waals surface area (Å²) in [4.78, 5) is 27.1. The van der Waals surface area contributed by atoms with Crippen molar-refractivity contribution in [1.82, 2.24) is 10.2 Å². The summed E-state index contributed by atoms with van der Waals surface area (Å²) in [5.41, 5.74) is -0.544. The lowest BCUT2D eigenvalue weighted by Crippen LogP contribution is -2.71. The molecule has 4 heteroatoms. The molecule has 19 heavy (non-hydrogen) atoms. The van der Waals surface area contributed by atoms with Crippen LogP contribution in [0.5, 0.6) is 0 Å². The highest BCUT2D eigenvalue weighted by Crippen LogP contribution is 2.37. The molecule has 1 heterocycles. The maximum absolute atomic E-state index is 12.6. The fourth-order valence-electron chi connectivity index (χ4n) is 3.60. The van der Waals surface area contributed by atoms with Crippen molar-refractivity contribution in [3.8, 4) is 0 Å². The molecule has 4 nitrogen and oxygen atoms in total. The number of piperazine rings is 1. The molecular formula is C15H26N2O2. The summed E-state index contributed by atoms with van der Waals surface area (Å²) >= 11 is 0. The maximum Gasteiger partial charge on any atom is 0.246 e. The molecule has 0 aromatic heterocycles. The van der Waals surface area contributed by atoms with Crippen LogP contribution < -0.4 is 5.32 Å². The highest BCUT2D eigenvalue weighted by Gasteiger charge is 2.51. The van der Waals surface area contributed by atoms with Gasteiger partial charge in [-0.25, -0.2) is 0 Å². The summed E-state index contributed by atoms with van der Waals surface area (Å²) in [6, 6.07) is -0.319. The van der Waals surface area contributed by atoms with E-state index in [4.69, 9.17) is 0 Å². The van der Waals surface area contributed by atoms with E-state index in [9.17, 15) is 9.59 Å². The molecule has 2 rings (SSSR count). The summed E-state index contributed by atoms with van der Waals surface area (Å²) in [6.45, 7) is 6.79. The van der Waals surface area contributed by atoms with Gasteiger partial charge in [0, 0.05) is 6.54 Å². The van der Waals surface area contributed by atoms with Crippen molar-refractivity contribution in [2.24, 2.45) is 5.92 Å². The zero-order valence-corrected chi connectivity index (χ0v) is 12.4. The van der Waals surface area contributed by atoms with Gasteiger partial charge < -0.3 is 10.2 Å². The molecule has 1 aliphatic carbocycles. The molecule has 1 N–H and O–H groups in total. The lowest BCUT2D eigenvalue weighted by molar-refractivity contribution is -0.160. The van der Waals surface area contributed by atoms with Gasteiger partial charge in [0.05, 0.1) is 0 Å². The van der Waals surface area contributed by atoms with Crippen molar-refractivity contribution in [2.45, 2.75) is 70.9 Å². The number of nitrogens with one attached hydrogen (secondary N) is 1. The van der Waals surface area contributed by atoms with Crippen LogP contribution in [0.25, 0.3) is 0 Å². The largest absolute Gasteiger partial charge is 0.342 e. The molecule has 2 aliphatic rings. The Hall–Kier alpha value is -1.06. The molecule has 1 saturated heterocycles. The van der Waals surface area contributed by atoms with Crippen molar-refractivity contribution >= 4 is 11.8 Å².